The Labute approximate surface area is 89.5 Å². The van der Waals surface area contributed by atoms with Gasteiger partial charge in [-0.3, -0.25) is 4.79 Å². The monoisotopic (exact) mass is 218 g/mol. The largest absolute Gasteiger partial charge is 0.351 e. The van der Waals surface area contributed by atoms with E-state index >= 15 is 0 Å². The standard InChI is InChI=1S/C10H18O3S/c1-7(2)9(14-8(3)11)10-12-5-4-6-13-10/h7,9-10H,4-6H2,1-3H3. The molecule has 1 fully saturated rings. The van der Waals surface area contributed by atoms with Gasteiger partial charge in [0.1, 0.15) is 0 Å². The van der Waals surface area contributed by atoms with E-state index in [1.54, 1.807) is 6.92 Å². The number of hydrogen-bond acceptors (Lipinski definition) is 4. The Morgan fingerprint density at radius 1 is 1.36 bits per heavy atom. The zero-order valence-electron chi connectivity index (χ0n) is 8.99. The van der Waals surface area contributed by atoms with Gasteiger partial charge in [0.15, 0.2) is 11.4 Å². The van der Waals surface area contributed by atoms with E-state index < -0.39 is 0 Å². The Kier molecular flexibility index (Phi) is 4.92. The van der Waals surface area contributed by atoms with E-state index in [-0.39, 0.29) is 16.7 Å². The zero-order chi connectivity index (χ0) is 10.6. The molecular formula is C10H18O3S. The molecule has 0 saturated carbocycles. The summed E-state index contributed by atoms with van der Waals surface area (Å²) >= 11 is 1.33. The van der Waals surface area contributed by atoms with Crippen LogP contribution in [-0.2, 0) is 14.3 Å². The van der Waals surface area contributed by atoms with Crippen LogP contribution in [0, 0.1) is 5.92 Å². The minimum atomic E-state index is -0.211. The Hall–Kier alpha value is -0.0600. The molecule has 1 aliphatic rings. The van der Waals surface area contributed by atoms with E-state index in [1.807, 2.05) is 0 Å². The van der Waals surface area contributed by atoms with Crippen molar-refractivity contribution in [2.24, 2.45) is 5.92 Å². The quantitative estimate of drug-likeness (QED) is 0.726. The van der Waals surface area contributed by atoms with Crippen molar-refractivity contribution in [3.05, 3.63) is 0 Å². The summed E-state index contributed by atoms with van der Waals surface area (Å²) in [4.78, 5) is 11.1. The van der Waals surface area contributed by atoms with Gasteiger partial charge in [-0.05, 0) is 12.3 Å². The van der Waals surface area contributed by atoms with Gasteiger partial charge in [0.25, 0.3) is 0 Å². The van der Waals surface area contributed by atoms with E-state index in [2.05, 4.69) is 13.8 Å². The summed E-state index contributed by atoms with van der Waals surface area (Å²) in [7, 11) is 0. The Bertz CT molecular complexity index is 188. The normalized spacial score (nSPS) is 21.1. The minimum absolute atomic E-state index is 0.118. The molecule has 0 aromatic carbocycles. The molecule has 0 N–H and O–H groups in total. The smallest absolute Gasteiger partial charge is 0.186 e. The summed E-state index contributed by atoms with van der Waals surface area (Å²) in [6.07, 6.45) is 0.740. The molecule has 14 heavy (non-hydrogen) atoms. The third kappa shape index (κ3) is 3.59. The lowest BCUT2D eigenvalue weighted by Crippen LogP contribution is -2.37. The van der Waals surface area contributed by atoms with Crippen LogP contribution in [0.2, 0.25) is 0 Å². The first-order chi connectivity index (χ1) is 6.61. The predicted molar refractivity (Wildman–Crippen MR) is 57.2 cm³/mol. The van der Waals surface area contributed by atoms with E-state index in [0.29, 0.717) is 5.92 Å². The van der Waals surface area contributed by atoms with E-state index in [0.717, 1.165) is 19.6 Å². The van der Waals surface area contributed by atoms with Gasteiger partial charge in [-0.2, -0.15) is 0 Å². The highest BCUT2D eigenvalue weighted by atomic mass is 32.2. The molecule has 0 aromatic rings. The van der Waals surface area contributed by atoms with Gasteiger partial charge in [0.05, 0.1) is 18.5 Å². The molecule has 0 radical (unpaired) electrons. The molecule has 0 spiro atoms. The lowest BCUT2D eigenvalue weighted by Gasteiger charge is -2.31. The maximum atomic E-state index is 11.1. The van der Waals surface area contributed by atoms with Crippen LogP contribution in [0.1, 0.15) is 27.2 Å². The summed E-state index contributed by atoms with van der Waals surface area (Å²) in [5.74, 6) is 0.381. The third-order valence-corrected chi connectivity index (χ3v) is 3.45. The van der Waals surface area contributed by atoms with Crippen LogP contribution in [0.5, 0.6) is 0 Å². The molecule has 3 nitrogen and oxygen atoms in total. The van der Waals surface area contributed by atoms with Crippen LogP contribution in [0.25, 0.3) is 0 Å². The second-order valence-corrected chi connectivity index (χ2v) is 5.14. The van der Waals surface area contributed by atoms with Crippen LogP contribution in [0.4, 0.5) is 0 Å². The summed E-state index contributed by atoms with van der Waals surface area (Å²) in [6.45, 7) is 7.24. The van der Waals surface area contributed by atoms with Gasteiger partial charge in [0.2, 0.25) is 0 Å². The predicted octanol–water partition coefficient (Wildman–Crippen LogP) is 2.05. The third-order valence-electron chi connectivity index (χ3n) is 2.08. The molecule has 1 heterocycles. The summed E-state index contributed by atoms with van der Waals surface area (Å²) in [5.41, 5.74) is 0. The summed E-state index contributed by atoms with van der Waals surface area (Å²) < 4.78 is 11.0. The second kappa shape index (κ2) is 5.73. The fourth-order valence-corrected chi connectivity index (χ4v) is 2.32. The van der Waals surface area contributed by atoms with Crippen LogP contribution >= 0.6 is 11.8 Å². The van der Waals surface area contributed by atoms with Crippen molar-refractivity contribution in [3.8, 4) is 0 Å². The summed E-state index contributed by atoms with van der Waals surface area (Å²) in [6, 6.07) is 0. The Balaban J connectivity index is 2.51. The topological polar surface area (TPSA) is 35.5 Å². The zero-order valence-corrected chi connectivity index (χ0v) is 9.80. The van der Waals surface area contributed by atoms with Crippen molar-refractivity contribution in [2.75, 3.05) is 13.2 Å². The maximum Gasteiger partial charge on any atom is 0.186 e. The first-order valence-electron chi connectivity index (χ1n) is 5.01. The SMILES string of the molecule is CC(=O)SC(C(C)C)C1OCCCO1. The minimum Gasteiger partial charge on any atom is -0.351 e. The van der Waals surface area contributed by atoms with Gasteiger partial charge in [-0.25, -0.2) is 0 Å². The molecule has 1 aliphatic heterocycles. The molecule has 0 bridgehead atoms. The molecule has 82 valence electrons. The van der Waals surface area contributed by atoms with Crippen molar-refractivity contribution in [1.82, 2.24) is 0 Å². The maximum absolute atomic E-state index is 11.1. The number of carbonyl (C=O) groups is 1. The molecule has 1 unspecified atom stereocenters. The van der Waals surface area contributed by atoms with Gasteiger partial charge < -0.3 is 9.47 Å². The van der Waals surface area contributed by atoms with Crippen LogP contribution in [-0.4, -0.2) is 29.9 Å². The van der Waals surface area contributed by atoms with Crippen molar-refractivity contribution in [3.63, 3.8) is 0 Å². The highest BCUT2D eigenvalue weighted by molar-refractivity contribution is 8.14. The van der Waals surface area contributed by atoms with E-state index in [4.69, 9.17) is 9.47 Å². The second-order valence-electron chi connectivity index (χ2n) is 3.78. The van der Waals surface area contributed by atoms with Crippen molar-refractivity contribution < 1.29 is 14.3 Å². The molecule has 1 saturated heterocycles. The van der Waals surface area contributed by atoms with Gasteiger partial charge in [-0.1, -0.05) is 25.6 Å². The first kappa shape index (κ1) is 12.0. The number of rotatable bonds is 3. The van der Waals surface area contributed by atoms with Gasteiger partial charge in [0, 0.05) is 6.92 Å². The molecule has 1 rings (SSSR count). The molecule has 4 heteroatoms. The highest BCUT2D eigenvalue weighted by Gasteiger charge is 2.29. The van der Waals surface area contributed by atoms with Gasteiger partial charge in [-0.15, -0.1) is 0 Å². The van der Waals surface area contributed by atoms with E-state index in [1.165, 1.54) is 11.8 Å². The number of carbonyl (C=O) groups excluding carboxylic acids is 1. The lowest BCUT2D eigenvalue weighted by molar-refractivity contribution is -0.181. The molecule has 1 atom stereocenters. The first-order valence-corrected chi connectivity index (χ1v) is 5.89. The fourth-order valence-electron chi connectivity index (χ4n) is 1.39. The number of hydrogen-bond donors (Lipinski definition) is 0. The van der Waals surface area contributed by atoms with Crippen LogP contribution in [0.3, 0.4) is 0 Å². The van der Waals surface area contributed by atoms with Crippen molar-refractivity contribution >= 4 is 16.9 Å². The fraction of sp³-hybridized carbons (Fsp3) is 0.900. The van der Waals surface area contributed by atoms with Crippen molar-refractivity contribution in [1.29, 1.82) is 0 Å². The van der Waals surface area contributed by atoms with Gasteiger partial charge >= 0.3 is 0 Å². The molecular weight excluding hydrogens is 200 g/mol. The molecule has 0 aliphatic carbocycles. The van der Waals surface area contributed by atoms with E-state index in [9.17, 15) is 4.79 Å². The average Bonchev–Trinajstić information content (AvgIpc) is 2.15. The summed E-state index contributed by atoms with van der Waals surface area (Å²) in [5, 5.41) is 0.245. The van der Waals surface area contributed by atoms with Crippen LogP contribution < -0.4 is 0 Å². The van der Waals surface area contributed by atoms with Crippen LogP contribution in [0.15, 0.2) is 0 Å². The van der Waals surface area contributed by atoms with Crippen molar-refractivity contribution in [2.45, 2.75) is 38.7 Å². The highest BCUT2D eigenvalue weighted by Crippen LogP contribution is 2.27. The Morgan fingerprint density at radius 3 is 2.36 bits per heavy atom. The number of thioether (sulfide) groups is 1. The number of ether oxygens (including phenoxy) is 2. The Morgan fingerprint density at radius 2 is 1.93 bits per heavy atom. The molecule has 0 amide bonds. The average molecular weight is 218 g/mol. The lowest BCUT2D eigenvalue weighted by atomic mass is 10.1. The molecule has 0 aromatic heterocycles.